The number of thioether (sulfide) groups is 1. The van der Waals surface area contributed by atoms with Crippen LogP contribution in [0.5, 0.6) is 11.6 Å². The Labute approximate surface area is 181 Å². The number of hydrogen-bond donors (Lipinski definition) is 2. The molecule has 1 heterocycles. The number of halogens is 2. The van der Waals surface area contributed by atoms with E-state index in [0.29, 0.717) is 18.2 Å². The van der Waals surface area contributed by atoms with E-state index in [-0.39, 0.29) is 29.8 Å². The second-order valence-electron chi connectivity index (χ2n) is 5.62. The molecule has 5 nitrogen and oxygen atoms in total. The Kier molecular flexibility index (Phi) is 11.8. The molecule has 0 aliphatic rings. The van der Waals surface area contributed by atoms with Crippen LogP contribution >= 0.6 is 35.7 Å². The molecule has 0 aliphatic heterocycles. The number of unbranched alkanes of at least 4 members (excludes halogenated alkanes) is 1. The van der Waals surface area contributed by atoms with Crippen molar-refractivity contribution in [2.75, 3.05) is 25.6 Å². The summed E-state index contributed by atoms with van der Waals surface area (Å²) in [7, 11) is 1.76. The first-order valence-corrected chi connectivity index (χ1v) is 9.92. The number of ether oxygens (including phenoxy) is 1. The van der Waals surface area contributed by atoms with Gasteiger partial charge in [-0.25, -0.2) is 9.37 Å². The van der Waals surface area contributed by atoms with Gasteiger partial charge in [-0.2, -0.15) is 11.8 Å². The van der Waals surface area contributed by atoms with Crippen molar-refractivity contribution in [2.24, 2.45) is 4.99 Å². The van der Waals surface area contributed by atoms with Crippen LogP contribution in [0.4, 0.5) is 4.39 Å². The lowest BCUT2D eigenvalue weighted by atomic mass is 10.3. The van der Waals surface area contributed by atoms with Gasteiger partial charge in [0.15, 0.2) is 5.96 Å². The SMILES string of the molecule is CN=C(NCCCCSC)NCc1ccc(Oc2cccc(F)c2)nc1.I. The molecule has 0 saturated heterocycles. The lowest BCUT2D eigenvalue weighted by Crippen LogP contribution is -2.37. The Morgan fingerprint density at radius 1 is 1.22 bits per heavy atom. The Morgan fingerprint density at radius 3 is 2.74 bits per heavy atom. The first-order chi connectivity index (χ1) is 12.7. The third-order valence-electron chi connectivity index (χ3n) is 3.57. The molecular formula is C19H26FIN4OS. The van der Waals surface area contributed by atoms with Gasteiger partial charge < -0.3 is 15.4 Å². The number of nitrogens with one attached hydrogen (secondary N) is 2. The van der Waals surface area contributed by atoms with Crippen molar-refractivity contribution in [3.8, 4) is 11.6 Å². The fourth-order valence-electron chi connectivity index (χ4n) is 2.21. The molecule has 0 fully saturated rings. The van der Waals surface area contributed by atoms with Gasteiger partial charge in [0.05, 0.1) is 0 Å². The highest BCUT2D eigenvalue weighted by Gasteiger charge is 2.02. The molecule has 0 amide bonds. The summed E-state index contributed by atoms with van der Waals surface area (Å²) < 4.78 is 18.7. The number of aliphatic imine (C=N–C) groups is 1. The second kappa shape index (κ2) is 13.6. The van der Waals surface area contributed by atoms with Gasteiger partial charge >= 0.3 is 0 Å². The standard InChI is InChI=1S/C19H25FN4OS.HI/c1-21-19(22-10-3-4-11-26-2)24-14-15-8-9-18(23-13-15)25-17-7-5-6-16(20)12-17;/h5-9,12-13H,3-4,10-11,14H2,1-2H3,(H2,21,22,24);1H. The first kappa shape index (κ1) is 23.5. The van der Waals surface area contributed by atoms with Crippen LogP contribution < -0.4 is 15.4 Å². The number of benzene rings is 1. The maximum Gasteiger partial charge on any atom is 0.219 e. The highest BCUT2D eigenvalue weighted by molar-refractivity contribution is 14.0. The van der Waals surface area contributed by atoms with E-state index in [4.69, 9.17) is 4.74 Å². The molecule has 0 atom stereocenters. The predicted molar refractivity (Wildman–Crippen MR) is 122 cm³/mol. The quantitative estimate of drug-likeness (QED) is 0.229. The van der Waals surface area contributed by atoms with Gasteiger partial charge in [0.2, 0.25) is 5.88 Å². The van der Waals surface area contributed by atoms with E-state index in [1.807, 2.05) is 17.8 Å². The van der Waals surface area contributed by atoms with Gasteiger partial charge in [0, 0.05) is 38.5 Å². The fourth-order valence-corrected chi connectivity index (χ4v) is 2.70. The van der Waals surface area contributed by atoms with Crippen molar-refractivity contribution in [3.63, 3.8) is 0 Å². The molecule has 148 valence electrons. The third kappa shape index (κ3) is 9.28. The summed E-state index contributed by atoms with van der Waals surface area (Å²) in [6.45, 7) is 1.51. The topological polar surface area (TPSA) is 58.5 Å². The summed E-state index contributed by atoms with van der Waals surface area (Å²) in [6, 6.07) is 9.67. The largest absolute Gasteiger partial charge is 0.439 e. The van der Waals surface area contributed by atoms with Gasteiger partial charge in [-0.3, -0.25) is 4.99 Å². The molecule has 8 heteroatoms. The molecule has 0 unspecified atom stereocenters. The maximum atomic E-state index is 13.2. The number of rotatable bonds is 9. The lowest BCUT2D eigenvalue weighted by molar-refractivity contribution is 0.457. The Morgan fingerprint density at radius 2 is 2.07 bits per heavy atom. The van der Waals surface area contributed by atoms with Crippen LogP contribution in [0.15, 0.2) is 47.6 Å². The highest BCUT2D eigenvalue weighted by atomic mass is 127. The number of nitrogens with zero attached hydrogens (tertiary/aromatic N) is 2. The summed E-state index contributed by atoms with van der Waals surface area (Å²) in [5, 5.41) is 6.55. The van der Waals surface area contributed by atoms with E-state index in [2.05, 4.69) is 26.9 Å². The van der Waals surface area contributed by atoms with E-state index in [9.17, 15) is 4.39 Å². The first-order valence-electron chi connectivity index (χ1n) is 8.53. The monoisotopic (exact) mass is 504 g/mol. The highest BCUT2D eigenvalue weighted by Crippen LogP contribution is 2.19. The van der Waals surface area contributed by atoms with Crippen LogP contribution in [-0.4, -0.2) is 36.5 Å². The van der Waals surface area contributed by atoms with E-state index in [1.165, 1.54) is 24.3 Å². The van der Waals surface area contributed by atoms with Crippen LogP contribution in [0.25, 0.3) is 0 Å². The van der Waals surface area contributed by atoms with Crippen LogP contribution in [0.3, 0.4) is 0 Å². The van der Waals surface area contributed by atoms with Crippen molar-refractivity contribution in [1.82, 2.24) is 15.6 Å². The zero-order chi connectivity index (χ0) is 18.6. The number of pyridine rings is 1. The average Bonchev–Trinajstić information content (AvgIpc) is 2.65. The van der Waals surface area contributed by atoms with Crippen molar-refractivity contribution in [1.29, 1.82) is 0 Å². The Hall–Kier alpha value is -1.55. The minimum Gasteiger partial charge on any atom is -0.439 e. The van der Waals surface area contributed by atoms with Gasteiger partial charge in [0.1, 0.15) is 11.6 Å². The molecular weight excluding hydrogens is 478 g/mol. The van der Waals surface area contributed by atoms with Crippen LogP contribution in [0.1, 0.15) is 18.4 Å². The summed E-state index contributed by atoms with van der Waals surface area (Å²) in [5.74, 6) is 2.47. The van der Waals surface area contributed by atoms with E-state index >= 15 is 0 Å². The van der Waals surface area contributed by atoms with Gasteiger partial charge in [0.25, 0.3) is 0 Å². The predicted octanol–water partition coefficient (Wildman–Crippen LogP) is 4.44. The fraction of sp³-hybridized carbons (Fsp3) is 0.368. The van der Waals surface area contributed by atoms with Gasteiger partial charge in [-0.15, -0.1) is 24.0 Å². The van der Waals surface area contributed by atoms with Gasteiger partial charge in [-0.05, 0) is 42.5 Å². The molecule has 1 aromatic heterocycles. The zero-order valence-corrected chi connectivity index (χ0v) is 18.7. The molecule has 2 rings (SSSR count). The molecule has 2 aromatic rings. The van der Waals surface area contributed by atoms with Crippen molar-refractivity contribution in [2.45, 2.75) is 19.4 Å². The summed E-state index contributed by atoms with van der Waals surface area (Å²) in [6.07, 6.45) is 6.17. The number of aromatic nitrogens is 1. The molecule has 0 aliphatic carbocycles. The molecule has 0 bridgehead atoms. The molecule has 2 N–H and O–H groups in total. The van der Waals surface area contributed by atoms with Crippen molar-refractivity contribution in [3.05, 3.63) is 54.0 Å². The number of guanidine groups is 1. The smallest absolute Gasteiger partial charge is 0.219 e. The second-order valence-corrected chi connectivity index (χ2v) is 6.60. The number of hydrogen-bond acceptors (Lipinski definition) is 4. The molecule has 0 radical (unpaired) electrons. The minimum atomic E-state index is -0.337. The third-order valence-corrected chi connectivity index (χ3v) is 4.26. The molecule has 0 spiro atoms. The van der Waals surface area contributed by atoms with E-state index in [1.54, 1.807) is 31.4 Å². The molecule has 27 heavy (non-hydrogen) atoms. The van der Waals surface area contributed by atoms with Crippen molar-refractivity contribution < 1.29 is 9.13 Å². The Bertz CT molecular complexity index is 700. The minimum absolute atomic E-state index is 0. The van der Waals surface area contributed by atoms with Crippen LogP contribution in [0.2, 0.25) is 0 Å². The van der Waals surface area contributed by atoms with E-state index in [0.717, 1.165) is 24.5 Å². The van der Waals surface area contributed by atoms with Gasteiger partial charge in [-0.1, -0.05) is 12.1 Å². The maximum absolute atomic E-state index is 13.2. The molecule has 0 saturated carbocycles. The average molecular weight is 504 g/mol. The lowest BCUT2D eigenvalue weighted by Gasteiger charge is -2.12. The summed E-state index contributed by atoms with van der Waals surface area (Å²) in [4.78, 5) is 8.47. The zero-order valence-electron chi connectivity index (χ0n) is 15.6. The van der Waals surface area contributed by atoms with Crippen LogP contribution in [-0.2, 0) is 6.54 Å². The van der Waals surface area contributed by atoms with Crippen molar-refractivity contribution >= 4 is 41.7 Å². The molecule has 1 aromatic carbocycles. The summed E-state index contributed by atoms with van der Waals surface area (Å²) >= 11 is 1.87. The summed E-state index contributed by atoms with van der Waals surface area (Å²) in [5.41, 5.74) is 1.00. The van der Waals surface area contributed by atoms with E-state index < -0.39 is 0 Å². The van der Waals surface area contributed by atoms with Crippen LogP contribution in [0, 0.1) is 5.82 Å². The normalized spacial score (nSPS) is 10.9. The Balaban J connectivity index is 0.00000364.